The summed E-state index contributed by atoms with van der Waals surface area (Å²) in [6.07, 6.45) is 4.16. The third-order valence-electron chi connectivity index (χ3n) is 4.14. The van der Waals surface area contributed by atoms with Crippen LogP contribution in [-0.2, 0) is 4.74 Å². The molecule has 1 saturated carbocycles. The molecule has 18 heavy (non-hydrogen) atoms. The van der Waals surface area contributed by atoms with E-state index in [9.17, 15) is 5.11 Å². The molecule has 1 aromatic carbocycles. The standard InChI is InChI=1S/C16H24O2/c1-16(2,18-3)11-15(17)14-9-7-13(8-10-14)12-5-4-6-12/h7-10,12,15,17H,4-6,11H2,1-3H3. The third-order valence-corrected chi connectivity index (χ3v) is 4.14. The highest BCUT2D eigenvalue weighted by Crippen LogP contribution is 2.36. The van der Waals surface area contributed by atoms with Crippen LogP contribution in [0.2, 0.25) is 0 Å². The first-order valence-electron chi connectivity index (χ1n) is 6.85. The van der Waals surface area contributed by atoms with Gasteiger partial charge < -0.3 is 9.84 Å². The van der Waals surface area contributed by atoms with Crippen molar-refractivity contribution in [1.29, 1.82) is 0 Å². The number of aliphatic hydroxyl groups is 1. The molecule has 1 aromatic rings. The number of methoxy groups -OCH3 is 1. The van der Waals surface area contributed by atoms with Crippen LogP contribution in [0.1, 0.15) is 62.7 Å². The Bertz CT molecular complexity index is 377. The van der Waals surface area contributed by atoms with Crippen LogP contribution < -0.4 is 0 Å². The first-order valence-corrected chi connectivity index (χ1v) is 6.85. The van der Waals surface area contributed by atoms with Gasteiger partial charge in [0.25, 0.3) is 0 Å². The maximum Gasteiger partial charge on any atom is 0.0817 e. The highest BCUT2D eigenvalue weighted by atomic mass is 16.5. The van der Waals surface area contributed by atoms with E-state index in [2.05, 4.69) is 24.3 Å². The molecule has 2 heteroatoms. The van der Waals surface area contributed by atoms with Gasteiger partial charge in [-0.1, -0.05) is 30.7 Å². The normalized spacial score (nSPS) is 18.4. The van der Waals surface area contributed by atoms with Crippen LogP contribution in [0.15, 0.2) is 24.3 Å². The molecule has 1 aliphatic rings. The third kappa shape index (κ3) is 3.12. The molecule has 0 radical (unpaired) electrons. The molecule has 0 saturated heterocycles. The average Bonchev–Trinajstić information content (AvgIpc) is 2.27. The van der Waals surface area contributed by atoms with Gasteiger partial charge in [0.2, 0.25) is 0 Å². The Hall–Kier alpha value is -0.860. The van der Waals surface area contributed by atoms with E-state index in [1.807, 2.05) is 13.8 Å². The number of rotatable bonds is 5. The van der Waals surface area contributed by atoms with Crippen molar-refractivity contribution in [1.82, 2.24) is 0 Å². The Kier molecular flexibility index (Phi) is 4.08. The number of ether oxygens (including phenoxy) is 1. The van der Waals surface area contributed by atoms with Gasteiger partial charge in [-0.2, -0.15) is 0 Å². The van der Waals surface area contributed by atoms with Gasteiger partial charge in [0, 0.05) is 13.5 Å². The summed E-state index contributed by atoms with van der Waals surface area (Å²) in [5.74, 6) is 0.756. The van der Waals surface area contributed by atoms with Crippen molar-refractivity contribution in [3.05, 3.63) is 35.4 Å². The van der Waals surface area contributed by atoms with Gasteiger partial charge in [-0.25, -0.2) is 0 Å². The highest BCUT2D eigenvalue weighted by molar-refractivity contribution is 5.28. The van der Waals surface area contributed by atoms with Crippen LogP contribution in [0.5, 0.6) is 0 Å². The number of aliphatic hydroxyl groups excluding tert-OH is 1. The van der Waals surface area contributed by atoms with Crippen LogP contribution in [0.4, 0.5) is 0 Å². The summed E-state index contributed by atoms with van der Waals surface area (Å²) in [7, 11) is 1.69. The largest absolute Gasteiger partial charge is 0.388 e. The first kappa shape index (κ1) is 13.6. The number of hydrogen-bond acceptors (Lipinski definition) is 2. The van der Waals surface area contributed by atoms with Crippen LogP contribution in [0.3, 0.4) is 0 Å². The smallest absolute Gasteiger partial charge is 0.0817 e. The topological polar surface area (TPSA) is 29.5 Å². The second kappa shape index (κ2) is 5.41. The minimum atomic E-state index is -0.449. The Balaban J connectivity index is 2.00. The molecule has 1 atom stereocenters. The zero-order chi connectivity index (χ0) is 13.2. The monoisotopic (exact) mass is 248 g/mol. The fourth-order valence-corrected chi connectivity index (χ4v) is 2.40. The van der Waals surface area contributed by atoms with Gasteiger partial charge in [0.1, 0.15) is 0 Å². The summed E-state index contributed by atoms with van der Waals surface area (Å²) in [5.41, 5.74) is 2.12. The minimum absolute atomic E-state index is 0.286. The summed E-state index contributed by atoms with van der Waals surface area (Å²) >= 11 is 0. The Morgan fingerprint density at radius 3 is 2.33 bits per heavy atom. The minimum Gasteiger partial charge on any atom is -0.388 e. The van der Waals surface area contributed by atoms with Crippen molar-refractivity contribution in [3.8, 4) is 0 Å². The molecule has 1 fully saturated rings. The quantitative estimate of drug-likeness (QED) is 0.858. The van der Waals surface area contributed by atoms with Gasteiger partial charge in [0.05, 0.1) is 11.7 Å². The lowest BCUT2D eigenvalue weighted by Gasteiger charge is -2.27. The summed E-state index contributed by atoms with van der Waals surface area (Å²) in [6, 6.07) is 8.46. The molecule has 0 spiro atoms. The predicted molar refractivity (Wildman–Crippen MR) is 73.7 cm³/mol. The van der Waals surface area contributed by atoms with Crippen molar-refractivity contribution in [2.45, 2.75) is 57.2 Å². The molecule has 0 aliphatic heterocycles. The van der Waals surface area contributed by atoms with E-state index in [0.29, 0.717) is 6.42 Å². The molecule has 0 amide bonds. The van der Waals surface area contributed by atoms with Crippen molar-refractivity contribution in [2.75, 3.05) is 7.11 Å². The van der Waals surface area contributed by atoms with Gasteiger partial charge in [0.15, 0.2) is 0 Å². The SMILES string of the molecule is COC(C)(C)CC(O)c1ccc(C2CCC2)cc1. The second-order valence-electron chi connectivity index (χ2n) is 5.98. The Morgan fingerprint density at radius 1 is 1.28 bits per heavy atom. The van der Waals surface area contributed by atoms with Gasteiger partial charge in [-0.05, 0) is 43.7 Å². The summed E-state index contributed by atoms with van der Waals surface area (Å²) in [5, 5.41) is 10.2. The molecule has 100 valence electrons. The molecule has 0 heterocycles. The van der Waals surface area contributed by atoms with E-state index in [0.717, 1.165) is 11.5 Å². The summed E-state index contributed by atoms with van der Waals surface area (Å²) in [6.45, 7) is 4.00. The zero-order valence-corrected chi connectivity index (χ0v) is 11.6. The maximum absolute atomic E-state index is 10.2. The van der Waals surface area contributed by atoms with Gasteiger partial charge >= 0.3 is 0 Å². The van der Waals surface area contributed by atoms with Crippen molar-refractivity contribution in [2.24, 2.45) is 0 Å². The van der Waals surface area contributed by atoms with Crippen molar-refractivity contribution < 1.29 is 9.84 Å². The zero-order valence-electron chi connectivity index (χ0n) is 11.6. The summed E-state index contributed by atoms with van der Waals surface area (Å²) in [4.78, 5) is 0. The van der Waals surface area contributed by atoms with E-state index in [4.69, 9.17) is 4.74 Å². The molecule has 1 unspecified atom stereocenters. The number of hydrogen-bond donors (Lipinski definition) is 1. The van der Waals surface area contributed by atoms with Crippen LogP contribution >= 0.6 is 0 Å². The van der Waals surface area contributed by atoms with Crippen LogP contribution in [0, 0.1) is 0 Å². The predicted octanol–water partition coefficient (Wildman–Crippen LogP) is 3.80. The molecule has 1 aliphatic carbocycles. The van der Waals surface area contributed by atoms with E-state index < -0.39 is 6.10 Å². The highest BCUT2D eigenvalue weighted by Gasteiger charge is 2.23. The van der Waals surface area contributed by atoms with Gasteiger partial charge in [-0.3, -0.25) is 0 Å². The Morgan fingerprint density at radius 2 is 1.89 bits per heavy atom. The molecule has 0 bridgehead atoms. The van der Waals surface area contributed by atoms with Crippen LogP contribution in [-0.4, -0.2) is 17.8 Å². The lowest BCUT2D eigenvalue weighted by molar-refractivity contribution is -0.0201. The lowest BCUT2D eigenvalue weighted by atomic mass is 9.79. The van der Waals surface area contributed by atoms with E-state index in [-0.39, 0.29) is 5.60 Å². The first-order chi connectivity index (χ1) is 8.52. The number of benzene rings is 1. The van der Waals surface area contributed by atoms with Crippen molar-refractivity contribution in [3.63, 3.8) is 0 Å². The Labute approximate surface area is 110 Å². The van der Waals surface area contributed by atoms with E-state index >= 15 is 0 Å². The van der Waals surface area contributed by atoms with Gasteiger partial charge in [-0.15, -0.1) is 0 Å². The van der Waals surface area contributed by atoms with Crippen molar-refractivity contribution >= 4 is 0 Å². The summed E-state index contributed by atoms with van der Waals surface area (Å²) < 4.78 is 5.36. The maximum atomic E-state index is 10.2. The molecule has 2 nitrogen and oxygen atoms in total. The fraction of sp³-hybridized carbons (Fsp3) is 0.625. The molecule has 2 rings (SSSR count). The molecule has 1 N–H and O–H groups in total. The van der Waals surface area contributed by atoms with Crippen LogP contribution in [0.25, 0.3) is 0 Å². The molecular formula is C16H24O2. The van der Waals surface area contributed by atoms with E-state index in [1.165, 1.54) is 24.8 Å². The molecular weight excluding hydrogens is 224 g/mol. The van der Waals surface area contributed by atoms with E-state index in [1.54, 1.807) is 7.11 Å². The fourth-order valence-electron chi connectivity index (χ4n) is 2.40. The second-order valence-corrected chi connectivity index (χ2v) is 5.98. The average molecular weight is 248 g/mol. The molecule has 0 aromatic heterocycles. The lowest BCUT2D eigenvalue weighted by Crippen LogP contribution is -2.25.